The first-order valence-electron chi connectivity index (χ1n) is 6.39. The van der Waals surface area contributed by atoms with Gasteiger partial charge in [-0.15, -0.1) is 0 Å². The highest BCUT2D eigenvalue weighted by Crippen LogP contribution is 2.21. The van der Waals surface area contributed by atoms with Crippen LogP contribution in [0.4, 0.5) is 10.2 Å². The lowest BCUT2D eigenvalue weighted by atomic mass is 10.1. The topological polar surface area (TPSA) is 54.0 Å². The van der Waals surface area contributed by atoms with E-state index in [0.29, 0.717) is 22.1 Å². The molecule has 0 unspecified atom stereocenters. The molecule has 2 N–H and O–H groups in total. The normalized spacial score (nSPS) is 10.3. The van der Waals surface area contributed by atoms with E-state index in [1.807, 2.05) is 0 Å². The van der Waals surface area contributed by atoms with Gasteiger partial charge >= 0.3 is 0 Å². The summed E-state index contributed by atoms with van der Waals surface area (Å²) in [5, 5.41) is 5.92. The van der Waals surface area contributed by atoms with Crippen LogP contribution in [0.25, 0.3) is 0 Å². The molecule has 1 heterocycles. The van der Waals surface area contributed by atoms with E-state index in [-0.39, 0.29) is 18.3 Å². The number of pyridine rings is 1. The predicted octanol–water partition coefficient (Wildman–Crippen LogP) is 3.15. The van der Waals surface area contributed by atoms with Crippen LogP contribution in [0.15, 0.2) is 30.3 Å². The van der Waals surface area contributed by atoms with Crippen molar-refractivity contribution in [2.45, 2.75) is 13.5 Å². The SMILES string of the molecule is CNc1nc(Cl)cc(C)c1C(=O)NCc1cccc(F)c1. The second kappa shape index (κ2) is 6.54. The highest BCUT2D eigenvalue weighted by molar-refractivity contribution is 6.29. The zero-order valence-corrected chi connectivity index (χ0v) is 12.5. The van der Waals surface area contributed by atoms with Crippen LogP contribution in [0, 0.1) is 12.7 Å². The molecule has 0 radical (unpaired) electrons. The van der Waals surface area contributed by atoms with Crippen molar-refractivity contribution in [1.29, 1.82) is 0 Å². The van der Waals surface area contributed by atoms with Gasteiger partial charge in [0.05, 0.1) is 5.56 Å². The van der Waals surface area contributed by atoms with Crippen molar-refractivity contribution < 1.29 is 9.18 Å². The molecule has 0 spiro atoms. The van der Waals surface area contributed by atoms with Crippen molar-refractivity contribution in [3.05, 3.63) is 58.0 Å². The summed E-state index contributed by atoms with van der Waals surface area (Å²) < 4.78 is 13.1. The van der Waals surface area contributed by atoms with Crippen LogP contribution in [0.5, 0.6) is 0 Å². The molecule has 1 aromatic carbocycles. The molecule has 110 valence electrons. The molecule has 0 saturated carbocycles. The maximum Gasteiger partial charge on any atom is 0.255 e. The highest BCUT2D eigenvalue weighted by atomic mass is 35.5. The summed E-state index contributed by atoms with van der Waals surface area (Å²) in [7, 11) is 1.67. The number of anilines is 1. The van der Waals surface area contributed by atoms with E-state index in [0.717, 1.165) is 5.56 Å². The van der Waals surface area contributed by atoms with Crippen LogP contribution in [0.1, 0.15) is 21.5 Å². The first-order chi connectivity index (χ1) is 10.0. The fourth-order valence-corrected chi connectivity index (χ4v) is 2.27. The fourth-order valence-electron chi connectivity index (χ4n) is 2.02. The maximum atomic E-state index is 13.1. The summed E-state index contributed by atoms with van der Waals surface area (Å²) in [6.45, 7) is 2.02. The van der Waals surface area contributed by atoms with Gasteiger partial charge in [-0.2, -0.15) is 0 Å². The Labute approximate surface area is 127 Å². The monoisotopic (exact) mass is 307 g/mol. The third-order valence-corrected chi connectivity index (χ3v) is 3.18. The van der Waals surface area contributed by atoms with Gasteiger partial charge in [0, 0.05) is 13.6 Å². The lowest BCUT2D eigenvalue weighted by Crippen LogP contribution is -2.25. The average molecular weight is 308 g/mol. The Morgan fingerprint density at radius 1 is 1.38 bits per heavy atom. The van der Waals surface area contributed by atoms with E-state index in [4.69, 9.17) is 11.6 Å². The number of carbonyl (C=O) groups is 1. The van der Waals surface area contributed by atoms with E-state index in [9.17, 15) is 9.18 Å². The Morgan fingerprint density at radius 2 is 2.14 bits per heavy atom. The third kappa shape index (κ3) is 3.70. The summed E-state index contributed by atoms with van der Waals surface area (Å²) in [6, 6.07) is 7.71. The summed E-state index contributed by atoms with van der Waals surface area (Å²) in [5.74, 6) is -0.205. The Kier molecular flexibility index (Phi) is 4.75. The van der Waals surface area contributed by atoms with Gasteiger partial charge in [-0.3, -0.25) is 4.79 Å². The number of amides is 1. The van der Waals surface area contributed by atoms with Gasteiger partial charge in [0.15, 0.2) is 0 Å². The lowest BCUT2D eigenvalue weighted by molar-refractivity contribution is 0.0951. The van der Waals surface area contributed by atoms with Gasteiger partial charge in [-0.05, 0) is 36.2 Å². The van der Waals surface area contributed by atoms with Crippen molar-refractivity contribution in [2.75, 3.05) is 12.4 Å². The Bertz CT molecular complexity index is 676. The highest BCUT2D eigenvalue weighted by Gasteiger charge is 2.16. The second-order valence-electron chi connectivity index (χ2n) is 4.55. The molecule has 0 aliphatic rings. The molecule has 2 rings (SSSR count). The van der Waals surface area contributed by atoms with E-state index >= 15 is 0 Å². The van der Waals surface area contributed by atoms with Crippen LogP contribution in [0.3, 0.4) is 0 Å². The van der Waals surface area contributed by atoms with Crippen molar-refractivity contribution in [1.82, 2.24) is 10.3 Å². The van der Waals surface area contributed by atoms with E-state index < -0.39 is 0 Å². The summed E-state index contributed by atoms with van der Waals surface area (Å²) in [6.07, 6.45) is 0. The Balaban J connectivity index is 2.17. The molecule has 0 aliphatic carbocycles. The minimum absolute atomic E-state index is 0.238. The number of nitrogens with one attached hydrogen (secondary N) is 2. The molecule has 2 aromatic rings. The molecule has 1 aromatic heterocycles. The van der Waals surface area contributed by atoms with Crippen LogP contribution < -0.4 is 10.6 Å². The van der Waals surface area contributed by atoms with Crippen LogP contribution in [0.2, 0.25) is 5.15 Å². The molecule has 21 heavy (non-hydrogen) atoms. The molecule has 6 heteroatoms. The van der Waals surface area contributed by atoms with Gasteiger partial charge in [0.25, 0.3) is 5.91 Å². The number of rotatable bonds is 4. The Morgan fingerprint density at radius 3 is 2.81 bits per heavy atom. The molecule has 1 amide bonds. The van der Waals surface area contributed by atoms with Crippen LogP contribution in [-0.2, 0) is 6.54 Å². The maximum absolute atomic E-state index is 13.1. The second-order valence-corrected chi connectivity index (χ2v) is 4.94. The number of carbonyl (C=O) groups excluding carboxylic acids is 1. The van der Waals surface area contributed by atoms with E-state index in [1.165, 1.54) is 12.1 Å². The molecule has 0 bridgehead atoms. The van der Waals surface area contributed by atoms with Gasteiger partial charge in [-0.25, -0.2) is 9.37 Å². The molecular formula is C15H15ClFN3O. The molecule has 0 atom stereocenters. The van der Waals surface area contributed by atoms with Gasteiger partial charge < -0.3 is 10.6 Å². The van der Waals surface area contributed by atoms with Gasteiger partial charge in [0.2, 0.25) is 0 Å². The van der Waals surface area contributed by atoms with Crippen molar-refractivity contribution in [3.8, 4) is 0 Å². The standard InChI is InChI=1S/C15H15ClFN3O/c1-9-6-12(16)20-14(18-2)13(9)15(21)19-8-10-4-3-5-11(17)7-10/h3-7H,8H2,1-2H3,(H,18,20)(H,19,21). The van der Waals surface area contributed by atoms with Crippen molar-refractivity contribution in [2.24, 2.45) is 0 Å². The quantitative estimate of drug-likeness (QED) is 0.853. The van der Waals surface area contributed by atoms with Gasteiger partial charge in [0.1, 0.15) is 16.8 Å². The number of hydrogen-bond acceptors (Lipinski definition) is 3. The average Bonchev–Trinajstić information content (AvgIpc) is 2.44. The zero-order valence-electron chi connectivity index (χ0n) is 11.7. The number of aromatic nitrogens is 1. The summed E-state index contributed by atoms with van der Waals surface area (Å²) in [4.78, 5) is 16.4. The lowest BCUT2D eigenvalue weighted by Gasteiger charge is -2.12. The van der Waals surface area contributed by atoms with E-state index in [2.05, 4.69) is 15.6 Å². The number of hydrogen-bond donors (Lipinski definition) is 2. The number of benzene rings is 1. The summed E-state index contributed by atoms with van der Waals surface area (Å²) in [5.41, 5.74) is 1.84. The smallest absolute Gasteiger partial charge is 0.255 e. The van der Waals surface area contributed by atoms with Crippen molar-refractivity contribution >= 4 is 23.3 Å². The molecule has 0 saturated heterocycles. The number of halogens is 2. The molecule has 0 fully saturated rings. The molecule has 4 nitrogen and oxygen atoms in total. The largest absolute Gasteiger partial charge is 0.372 e. The fraction of sp³-hybridized carbons (Fsp3) is 0.200. The Hall–Kier alpha value is -2.14. The minimum Gasteiger partial charge on any atom is -0.372 e. The zero-order chi connectivity index (χ0) is 15.4. The molecular weight excluding hydrogens is 293 g/mol. The minimum atomic E-state index is -0.331. The number of aryl methyl sites for hydroxylation is 1. The van der Waals surface area contributed by atoms with Crippen LogP contribution in [-0.4, -0.2) is 17.9 Å². The first-order valence-corrected chi connectivity index (χ1v) is 6.76. The number of nitrogens with zero attached hydrogens (tertiary/aromatic N) is 1. The van der Waals surface area contributed by atoms with Crippen LogP contribution >= 0.6 is 11.6 Å². The third-order valence-electron chi connectivity index (χ3n) is 2.99. The van der Waals surface area contributed by atoms with Crippen molar-refractivity contribution in [3.63, 3.8) is 0 Å². The van der Waals surface area contributed by atoms with Gasteiger partial charge in [-0.1, -0.05) is 23.7 Å². The summed E-state index contributed by atoms with van der Waals surface area (Å²) >= 11 is 5.87. The predicted molar refractivity (Wildman–Crippen MR) is 81.1 cm³/mol. The van der Waals surface area contributed by atoms with E-state index in [1.54, 1.807) is 32.2 Å². The first kappa shape index (κ1) is 15.3. The molecule has 0 aliphatic heterocycles.